The summed E-state index contributed by atoms with van der Waals surface area (Å²) in [7, 11) is -4.11. The molecule has 1 aromatic carbocycles. The topological polar surface area (TPSA) is 125 Å². The van der Waals surface area contributed by atoms with Crippen LogP contribution in [-0.4, -0.2) is 59.4 Å². The number of nitrogens with zero attached hydrogens (tertiary/aromatic N) is 5. The van der Waals surface area contributed by atoms with Crippen LogP contribution in [0.25, 0.3) is 5.65 Å². The van der Waals surface area contributed by atoms with Crippen LogP contribution in [0, 0.1) is 5.82 Å². The Labute approximate surface area is 208 Å². The normalized spacial score (nSPS) is 23.6. The average Bonchev–Trinajstić information content (AvgIpc) is 3.56. The van der Waals surface area contributed by atoms with Crippen LogP contribution in [0.2, 0.25) is 5.28 Å². The number of hydrogen-bond donors (Lipinski definition) is 3. The third-order valence-electron chi connectivity index (χ3n) is 6.23. The summed E-state index contributed by atoms with van der Waals surface area (Å²) in [5.41, 5.74) is 1.86. The zero-order valence-electron chi connectivity index (χ0n) is 18.6. The van der Waals surface area contributed by atoms with Gasteiger partial charge in [-0.3, -0.25) is 0 Å². The van der Waals surface area contributed by atoms with Gasteiger partial charge in [-0.05, 0) is 43.4 Å². The van der Waals surface area contributed by atoms with Crippen LogP contribution in [0.15, 0.2) is 30.5 Å². The zero-order valence-corrected chi connectivity index (χ0v) is 21.2. The molecule has 5 rings (SSSR count). The van der Waals surface area contributed by atoms with Crippen LogP contribution in [0.4, 0.5) is 10.2 Å². The van der Waals surface area contributed by atoms with E-state index < -0.39 is 16.8 Å². The fraction of sp³-hybridized carbons (Fsp3) is 0.476. The Morgan fingerprint density at radius 2 is 2.03 bits per heavy atom. The number of halogens is 2. The number of ether oxygens (including phenoxy) is 1. The first kappa shape index (κ1) is 25.1. The van der Waals surface area contributed by atoms with Gasteiger partial charge in [0, 0.05) is 12.1 Å². The van der Waals surface area contributed by atoms with E-state index in [4.69, 9.17) is 30.6 Å². The second-order valence-corrected chi connectivity index (χ2v) is 11.7. The number of anilines is 1. The molecule has 4 unspecified atom stereocenters. The Morgan fingerprint density at radius 3 is 2.83 bits per heavy atom. The van der Waals surface area contributed by atoms with Gasteiger partial charge in [0.25, 0.3) is 0 Å². The monoisotopic (exact) mass is 543 g/mol. The molecular weight excluding hydrogens is 519 g/mol. The Balaban J connectivity index is 1.37. The molecule has 3 N–H and O–H groups in total. The first-order chi connectivity index (χ1) is 16.9. The molecule has 0 spiro atoms. The minimum Gasteiger partial charge on any atom is -0.366 e. The average molecular weight is 544 g/mol. The lowest BCUT2D eigenvalue weighted by atomic mass is 10.0. The Bertz CT molecular complexity index is 1190. The van der Waals surface area contributed by atoms with Crippen molar-refractivity contribution in [2.24, 2.45) is 0 Å². The predicted octanol–water partition coefficient (Wildman–Crippen LogP) is 4.05. The SMILES string of the molecule is OP(O)CP(O)OCC1CCC(c2cnc3c(N4CCCC4c4ccccc4F)nc(Cl)nn23)O1. The zero-order chi connectivity index (χ0) is 24.5. The molecule has 35 heavy (non-hydrogen) atoms. The quantitative estimate of drug-likeness (QED) is 0.361. The van der Waals surface area contributed by atoms with E-state index in [0.29, 0.717) is 36.4 Å². The van der Waals surface area contributed by atoms with Gasteiger partial charge in [-0.25, -0.2) is 13.9 Å². The number of benzene rings is 1. The van der Waals surface area contributed by atoms with E-state index in [0.717, 1.165) is 18.5 Å². The highest BCUT2D eigenvalue weighted by Gasteiger charge is 2.34. The smallest absolute Gasteiger partial charge is 0.243 e. The Kier molecular flexibility index (Phi) is 7.77. The molecule has 2 aliphatic heterocycles. The van der Waals surface area contributed by atoms with Gasteiger partial charge < -0.3 is 28.8 Å². The van der Waals surface area contributed by atoms with Crippen molar-refractivity contribution in [1.82, 2.24) is 19.6 Å². The molecule has 4 heterocycles. The van der Waals surface area contributed by atoms with Crippen molar-refractivity contribution >= 4 is 39.8 Å². The summed E-state index contributed by atoms with van der Waals surface area (Å²) in [4.78, 5) is 38.9. The van der Waals surface area contributed by atoms with Gasteiger partial charge in [-0.1, -0.05) is 18.2 Å². The van der Waals surface area contributed by atoms with Crippen molar-refractivity contribution < 1.29 is 28.3 Å². The summed E-state index contributed by atoms with van der Waals surface area (Å²) < 4.78 is 27.7. The second kappa shape index (κ2) is 10.8. The van der Waals surface area contributed by atoms with Crippen molar-refractivity contribution in [2.45, 2.75) is 43.9 Å². The second-order valence-electron chi connectivity index (χ2n) is 8.48. The maximum absolute atomic E-state index is 14.6. The van der Waals surface area contributed by atoms with Crippen LogP contribution in [-0.2, 0) is 9.26 Å². The highest BCUT2D eigenvalue weighted by Crippen LogP contribution is 2.45. The summed E-state index contributed by atoms with van der Waals surface area (Å²) in [6.45, 7) is 0.843. The lowest BCUT2D eigenvalue weighted by Gasteiger charge is -2.26. The third kappa shape index (κ3) is 5.43. The number of aromatic nitrogens is 4. The number of hydrogen-bond acceptors (Lipinski definition) is 9. The number of rotatable bonds is 8. The molecule has 2 aliphatic rings. The molecule has 188 valence electrons. The molecule has 2 saturated heterocycles. The van der Waals surface area contributed by atoms with Gasteiger partial charge in [0.05, 0.1) is 36.5 Å². The molecule has 2 fully saturated rings. The Morgan fingerprint density at radius 1 is 1.20 bits per heavy atom. The van der Waals surface area contributed by atoms with Gasteiger partial charge in [-0.15, -0.1) is 5.10 Å². The molecule has 0 saturated carbocycles. The van der Waals surface area contributed by atoms with Gasteiger partial charge in [0.2, 0.25) is 5.28 Å². The molecule has 2 aromatic heterocycles. The fourth-order valence-electron chi connectivity index (χ4n) is 4.72. The molecule has 3 aromatic rings. The highest BCUT2D eigenvalue weighted by atomic mass is 35.5. The summed E-state index contributed by atoms with van der Waals surface area (Å²) in [6, 6.07) is 6.59. The van der Waals surface area contributed by atoms with Crippen molar-refractivity contribution in [2.75, 3.05) is 24.0 Å². The third-order valence-corrected chi connectivity index (χ3v) is 8.82. The molecule has 0 bridgehead atoms. The van der Waals surface area contributed by atoms with Gasteiger partial charge >= 0.3 is 0 Å². The Hall–Kier alpha value is -1.55. The van der Waals surface area contributed by atoms with Crippen LogP contribution < -0.4 is 4.90 Å². The van der Waals surface area contributed by atoms with Crippen molar-refractivity contribution in [1.29, 1.82) is 0 Å². The highest BCUT2D eigenvalue weighted by molar-refractivity contribution is 7.63. The van der Waals surface area contributed by atoms with Gasteiger partial charge in [0.1, 0.15) is 11.9 Å². The summed E-state index contributed by atoms with van der Waals surface area (Å²) in [6.07, 6.45) is 4.18. The lowest BCUT2D eigenvalue weighted by molar-refractivity contribution is 0.0151. The van der Waals surface area contributed by atoms with Crippen LogP contribution in [0.1, 0.15) is 49.1 Å². The van der Waals surface area contributed by atoms with E-state index in [2.05, 4.69) is 15.1 Å². The van der Waals surface area contributed by atoms with Crippen molar-refractivity contribution in [3.8, 4) is 0 Å². The van der Waals surface area contributed by atoms with E-state index in [-0.39, 0.29) is 41.9 Å². The molecule has 0 amide bonds. The van der Waals surface area contributed by atoms with Crippen molar-refractivity contribution in [3.63, 3.8) is 0 Å². The largest absolute Gasteiger partial charge is 0.366 e. The van der Waals surface area contributed by atoms with Gasteiger partial charge in [-0.2, -0.15) is 4.98 Å². The first-order valence-corrected chi connectivity index (χ1v) is 14.4. The molecule has 10 nitrogen and oxygen atoms in total. The maximum Gasteiger partial charge on any atom is 0.243 e. The number of fused-ring (bicyclic) bond motifs is 1. The molecular formula is C21H25ClFN5O5P2. The van der Waals surface area contributed by atoms with Crippen LogP contribution in [0.5, 0.6) is 0 Å². The lowest BCUT2D eigenvalue weighted by Crippen LogP contribution is -2.25. The van der Waals surface area contributed by atoms with E-state index in [9.17, 15) is 9.28 Å². The molecule has 14 heteroatoms. The molecule has 0 radical (unpaired) electrons. The van der Waals surface area contributed by atoms with E-state index >= 15 is 0 Å². The minimum atomic E-state index is -2.20. The fourth-order valence-corrected chi connectivity index (χ4v) is 6.41. The number of imidazole rings is 1. The molecule has 4 atom stereocenters. The first-order valence-electron chi connectivity index (χ1n) is 11.2. The molecule has 0 aliphatic carbocycles. The maximum atomic E-state index is 14.6. The van der Waals surface area contributed by atoms with Crippen molar-refractivity contribution in [3.05, 3.63) is 52.8 Å². The minimum absolute atomic E-state index is 0.0549. The van der Waals surface area contributed by atoms with E-state index in [1.54, 1.807) is 22.8 Å². The van der Waals surface area contributed by atoms with E-state index in [1.165, 1.54) is 6.07 Å². The summed E-state index contributed by atoms with van der Waals surface area (Å²) in [5, 5.41) is 4.42. The summed E-state index contributed by atoms with van der Waals surface area (Å²) in [5.74, 6) is 0.130. The van der Waals surface area contributed by atoms with Crippen LogP contribution in [0.3, 0.4) is 0 Å². The summed E-state index contributed by atoms with van der Waals surface area (Å²) >= 11 is 6.32. The standard InChI is InChI=1S/C21H25ClFN5O5P2/c22-21-25-20(27-9-3-6-16(27)14-4-1-2-5-15(14)23)19-24-10-17(28(19)26-21)18-8-7-13(33-18)11-32-35(31)12-34(29)30/h1-2,4-5,10,13,16,18,29-31H,3,6-9,11-12H2. The van der Waals surface area contributed by atoms with Crippen LogP contribution >= 0.6 is 28.4 Å². The van der Waals surface area contributed by atoms with E-state index in [1.807, 2.05) is 11.0 Å². The predicted molar refractivity (Wildman–Crippen MR) is 130 cm³/mol. The van der Waals surface area contributed by atoms with Gasteiger partial charge in [0.15, 0.2) is 28.2 Å².